The maximum absolute atomic E-state index is 12.2. The van der Waals surface area contributed by atoms with Gasteiger partial charge in [-0.2, -0.15) is 5.10 Å². The van der Waals surface area contributed by atoms with Gasteiger partial charge in [-0.1, -0.05) is 60.4 Å². The Morgan fingerprint density at radius 2 is 1.68 bits per heavy atom. The smallest absolute Gasteiger partial charge is 0.406 e. The molecule has 2 heterocycles. The topological polar surface area (TPSA) is 56.3 Å². The molecular weight excluding hydrogens is 545 g/mol. The number of allylic oxidation sites excluding steroid dienone is 3. The third-order valence-corrected chi connectivity index (χ3v) is 8.62. The van der Waals surface area contributed by atoms with Crippen molar-refractivity contribution < 1.29 is 17.9 Å². The molecule has 0 spiro atoms. The molecule has 1 atom stereocenters. The van der Waals surface area contributed by atoms with E-state index in [2.05, 4.69) is 85.2 Å². The van der Waals surface area contributed by atoms with Crippen molar-refractivity contribution in [3.05, 3.63) is 89.8 Å². The second-order valence-corrected chi connectivity index (χ2v) is 11.7. The predicted molar refractivity (Wildman–Crippen MR) is 168 cm³/mol. The predicted octanol–water partition coefficient (Wildman–Crippen LogP) is 8.25. The van der Waals surface area contributed by atoms with Crippen LogP contribution in [0.25, 0.3) is 11.3 Å². The van der Waals surface area contributed by atoms with Crippen LogP contribution in [0.5, 0.6) is 5.75 Å². The average molecular weight is 589 g/mol. The first-order valence-electron chi connectivity index (χ1n) is 13.5. The molecule has 1 saturated heterocycles. The van der Waals surface area contributed by atoms with Gasteiger partial charge in [0.1, 0.15) is 5.75 Å². The van der Waals surface area contributed by atoms with Crippen LogP contribution in [0.1, 0.15) is 49.1 Å². The zero-order chi connectivity index (χ0) is 30.7. The van der Waals surface area contributed by atoms with Crippen molar-refractivity contribution in [1.29, 1.82) is 0 Å². The maximum Gasteiger partial charge on any atom is 0.573 e. The van der Waals surface area contributed by atoms with Crippen LogP contribution in [-0.4, -0.2) is 46.5 Å². The summed E-state index contributed by atoms with van der Waals surface area (Å²) < 4.78 is 44.8. The van der Waals surface area contributed by atoms with Crippen molar-refractivity contribution in [1.82, 2.24) is 14.1 Å². The van der Waals surface area contributed by atoms with Crippen LogP contribution in [0.3, 0.4) is 0 Å². The molecule has 0 aliphatic carbocycles. The molecular formula is C32H43F3N4OS. The van der Waals surface area contributed by atoms with Gasteiger partial charge in [-0.25, -0.2) is 4.68 Å². The quantitative estimate of drug-likeness (QED) is 0.233. The van der Waals surface area contributed by atoms with Gasteiger partial charge in [0.15, 0.2) is 0 Å². The third kappa shape index (κ3) is 10.3. The van der Waals surface area contributed by atoms with Crippen molar-refractivity contribution in [3.8, 4) is 5.75 Å². The number of hydrogen-bond acceptors (Lipinski definition) is 4. The first-order chi connectivity index (χ1) is 19.4. The molecule has 3 aromatic rings. The Kier molecular flexibility index (Phi) is 13.1. The fraction of sp³-hybridized carbons (Fsp3) is 0.375. The van der Waals surface area contributed by atoms with Gasteiger partial charge in [-0.05, 0) is 100 Å². The van der Waals surface area contributed by atoms with E-state index >= 15 is 0 Å². The molecule has 1 aliphatic rings. The van der Waals surface area contributed by atoms with Crippen molar-refractivity contribution in [3.63, 3.8) is 0 Å². The normalized spacial score (nSPS) is 15.2. The second-order valence-electron chi connectivity index (χ2n) is 9.95. The van der Waals surface area contributed by atoms with E-state index in [0.29, 0.717) is 5.92 Å². The molecule has 41 heavy (non-hydrogen) atoms. The van der Waals surface area contributed by atoms with E-state index in [-0.39, 0.29) is 5.75 Å². The SMILES string of the molecule is C=C(/C=C(/C)n1ncc(C)c1C)c1ccccc1C.C=S(c1cccc(OC(F)(F)F)c1)N1CCC(C)CC1.CN. The number of nitrogens with zero attached hydrogens (tertiary/aromatic N) is 3. The van der Waals surface area contributed by atoms with Crippen LogP contribution in [-0.2, 0) is 0 Å². The van der Waals surface area contributed by atoms with E-state index in [1.807, 2.05) is 23.0 Å². The number of benzene rings is 2. The lowest BCUT2D eigenvalue weighted by Gasteiger charge is -2.32. The van der Waals surface area contributed by atoms with E-state index in [4.69, 9.17) is 0 Å². The highest BCUT2D eigenvalue weighted by Gasteiger charge is 2.31. The summed E-state index contributed by atoms with van der Waals surface area (Å²) in [5.74, 6) is 4.64. The number of rotatable bonds is 6. The lowest BCUT2D eigenvalue weighted by atomic mass is 10.0. The van der Waals surface area contributed by atoms with Gasteiger partial charge in [0.25, 0.3) is 0 Å². The monoisotopic (exact) mass is 588 g/mol. The fourth-order valence-electron chi connectivity index (χ4n) is 4.34. The number of alkyl halides is 3. The number of ether oxygens (including phenoxy) is 1. The number of halogens is 3. The molecule has 5 nitrogen and oxygen atoms in total. The Morgan fingerprint density at radius 1 is 1.05 bits per heavy atom. The van der Waals surface area contributed by atoms with E-state index in [0.717, 1.165) is 42.1 Å². The van der Waals surface area contributed by atoms with Crippen LogP contribution in [0.2, 0.25) is 0 Å². The highest BCUT2D eigenvalue weighted by molar-refractivity contribution is 8.12. The molecule has 2 aromatic carbocycles. The number of aryl methyl sites for hydroxylation is 2. The first kappa shape index (κ1) is 34.1. The van der Waals surface area contributed by atoms with E-state index in [1.54, 1.807) is 12.1 Å². The van der Waals surface area contributed by atoms with Gasteiger partial charge in [-0.15, -0.1) is 13.2 Å². The lowest BCUT2D eigenvalue weighted by Crippen LogP contribution is -2.28. The molecule has 0 radical (unpaired) electrons. The number of hydrogen-bond donors (Lipinski definition) is 1. The number of aromatic nitrogens is 2. The third-order valence-electron chi connectivity index (χ3n) is 6.83. The molecule has 1 aromatic heterocycles. The summed E-state index contributed by atoms with van der Waals surface area (Å²) in [5.41, 5.74) is 11.4. The highest BCUT2D eigenvalue weighted by atomic mass is 32.2. The molecule has 1 unspecified atom stereocenters. The molecule has 9 heteroatoms. The van der Waals surface area contributed by atoms with Crippen molar-refractivity contribution in [2.45, 2.75) is 58.7 Å². The Labute approximate surface area is 245 Å². The Balaban J connectivity index is 0.000000271. The molecule has 0 amide bonds. The Morgan fingerprint density at radius 3 is 2.24 bits per heavy atom. The Hall–Kier alpha value is -3.14. The zero-order valence-electron chi connectivity index (χ0n) is 25.0. The second kappa shape index (κ2) is 15.7. The summed E-state index contributed by atoms with van der Waals surface area (Å²) in [6.07, 6.45) is 1.54. The molecule has 224 valence electrons. The van der Waals surface area contributed by atoms with Crippen LogP contribution in [0.4, 0.5) is 13.2 Å². The molecule has 2 N–H and O–H groups in total. The van der Waals surface area contributed by atoms with E-state index in [9.17, 15) is 13.2 Å². The number of nitrogens with two attached hydrogens (primary N) is 1. The number of piperidine rings is 1. The largest absolute Gasteiger partial charge is 0.573 e. The standard InChI is InChI=1S/C17H20N2.C14H18F3NOS.CH5N/c1-12-8-6-7-9-17(12)13(2)10-15(4)19-16(5)14(3)11-18-19;1-11-6-8-18(9-7-11)20(2)13-5-3-4-12(10-13)19-14(15,16)17;1-2/h6-11H,2H2,1,3-5H3;3-5,10-11H,2,6-9H2,1H3;2H2,1H3/b15-10-;;. The summed E-state index contributed by atoms with van der Waals surface area (Å²) in [6.45, 7) is 16.6. The van der Waals surface area contributed by atoms with Gasteiger partial charge >= 0.3 is 6.36 Å². The molecule has 1 fully saturated rings. The summed E-state index contributed by atoms with van der Waals surface area (Å²) in [7, 11) is 1.06. The van der Waals surface area contributed by atoms with Gasteiger partial charge in [0, 0.05) is 29.4 Å². The van der Waals surface area contributed by atoms with Gasteiger partial charge < -0.3 is 10.5 Å². The minimum Gasteiger partial charge on any atom is -0.406 e. The lowest BCUT2D eigenvalue weighted by molar-refractivity contribution is -0.274. The summed E-state index contributed by atoms with van der Waals surface area (Å²) >= 11 is 0. The molecule has 0 saturated carbocycles. The summed E-state index contributed by atoms with van der Waals surface area (Å²) in [6, 6.07) is 14.4. The van der Waals surface area contributed by atoms with Gasteiger partial charge in [0.05, 0.1) is 6.20 Å². The minimum atomic E-state index is -4.65. The van der Waals surface area contributed by atoms with Crippen LogP contribution >= 0.6 is 10.7 Å². The van der Waals surface area contributed by atoms with Crippen molar-refractivity contribution in [2.24, 2.45) is 11.7 Å². The van der Waals surface area contributed by atoms with Crippen LogP contribution in [0.15, 0.2) is 72.3 Å². The summed E-state index contributed by atoms with van der Waals surface area (Å²) in [5, 5.41) is 4.39. The maximum atomic E-state index is 12.2. The van der Waals surface area contributed by atoms with Gasteiger partial charge in [-0.3, -0.25) is 4.31 Å². The first-order valence-corrected chi connectivity index (χ1v) is 14.9. The molecule has 4 rings (SSSR count). The Bertz CT molecular complexity index is 1340. The molecule has 1 aliphatic heterocycles. The van der Waals surface area contributed by atoms with Crippen LogP contribution in [0, 0.1) is 26.7 Å². The minimum absolute atomic E-state index is 0.179. The van der Waals surface area contributed by atoms with Crippen molar-refractivity contribution >= 4 is 27.8 Å². The summed E-state index contributed by atoms with van der Waals surface area (Å²) in [4.78, 5) is 0.779. The van der Waals surface area contributed by atoms with E-state index in [1.165, 1.54) is 41.6 Å². The highest BCUT2D eigenvalue weighted by Crippen LogP contribution is 2.35. The van der Waals surface area contributed by atoms with Crippen molar-refractivity contribution in [2.75, 3.05) is 20.1 Å². The van der Waals surface area contributed by atoms with Gasteiger partial charge in [0.2, 0.25) is 0 Å². The van der Waals surface area contributed by atoms with Crippen LogP contribution < -0.4 is 10.5 Å². The average Bonchev–Trinajstić information content (AvgIpc) is 3.27. The fourth-order valence-corrected chi connectivity index (χ4v) is 5.78. The zero-order valence-corrected chi connectivity index (χ0v) is 25.8. The molecule has 0 bridgehead atoms. The van der Waals surface area contributed by atoms with E-state index < -0.39 is 17.0 Å².